The SMILES string of the molecule is COc1ccc(Cl)cc1NC(=O)CN(C)Cc1ccc(SC(F)F)cc1. The second-order valence-electron chi connectivity index (χ2n) is 5.59. The van der Waals surface area contributed by atoms with Gasteiger partial charge < -0.3 is 10.1 Å². The van der Waals surface area contributed by atoms with E-state index in [0.29, 0.717) is 39.7 Å². The summed E-state index contributed by atoms with van der Waals surface area (Å²) >= 11 is 6.46. The summed E-state index contributed by atoms with van der Waals surface area (Å²) in [4.78, 5) is 14.6. The molecular formula is C18H19ClF2N2O2S. The van der Waals surface area contributed by atoms with E-state index < -0.39 is 5.76 Å². The van der Waals surface area contributed by atoms with E-state index in [1.54, 1.807) is 49.5 Å². The third-order valence-electron chi connectivity index (χ3n) is 3.45. The van der Waals surface area contributed by atoms with Crippen LogP contribution in [-0.2, 0) is 11.3 Å². The van der Waals surface area contributed by atoms with Crippen molar-refractivity contribution in [1.29, 1.82) is 0 Å². The van der Waals surface area contributed by atoms with Crippen LogP contribution < -0.4 is 10.1 Å². The summed E-state index contributed by atoms with van der Waals surface area (Å²) in [6, 6.07) is 11.8. The number of likely N-dealkylation sites (N-methyl/N-ethyl adjacent to an activating group) is 1. The molecule has 140 valence electrons. The number of thioether (sulfide) groups is 1. The van der Waals surface area contributed by atoms with E-state index in [9.17, 15) is 13.6 Å². The molecular weight excluding hydrogens is 382 g/mol. The Hall–Kier alpha value is -1.83. The van der Waals surface area contributed by atoms with Gasteiger partial charge in [0.15, 0.2) is 0 Å². The number of halogens is 3. The molecule has 2 rings (SSSR count). The molecule has 0 bridgehead atoms. The Balaban J connectivity index is 1.90. The van der Waals surface area contributed by atoms with Crippen molar-refractivity contribution in [3.8, 4) is 5.75 Å². The second kappa shape index (κ2) is 9.75. The van der Waals surface area contributed by atoms with E-state index in [0.717, 1.165) is 5.56 Å². The van der Waals surface area contributed by atoms with Gasteiger partial charge in [-0.3, -0.25) is 9.69 Å². The van der Waals surface area contributed by atoms with Crippen molar-refractivity contribution in [3.05, 3.63) is 53.1 Å². The number of carbonyl (C=O) groups excluding carboxylic acids is 1. The lowest BCUT2D eigenvalue weighted by atomic mass is 10.2. The highest BCUT2D eigenvalue weighted by molar-refractivity contribution is 7.99. The normalized spacial score (nSPS) is 11.0. The molecule has 0 aliphatic heterocycles. The topological polar surface area (TPSA) is 41.6 Å². The van der Waals surface area contributed by atoms with Crippen LogP contribution in [0.25, 0.3) is 0 Å². The summed E-state index contributed by atoms with van der Waals surface area (Å²) < 4.78 is 29.8. The predicted octanol–water partition coefficient (Wildman–Crippen LogP) is 4.73. The van der Waals surface area contributed by atoms with Crippen LogP contribution in [-0.4, -0.2) is 37.3 Å². The van der Waals surface area contributed by atoms with Gasteiger partial charge in [-0.2, -0.15) is 8.78 Å². The monoisotopic (exact) mass is 400 g/mol. The summed E-state index contributed by atoms with van der Waals surface area (Å²) in [5.74, 6) is -2.12. The minimum atomic E-state index is -2.43. The van der Waals surface area contributed by atoms with Crippen molar-refractivity contribution < 1.29 is 18.3 Å². The molecule has 0 fully saturated rings. The van der Waals surface area contributed by atoms with Crippen LogP contribution in [0.2, 0.25) is 5.02 Å². The number of carbonyl (C=O) groups is 1. The third kappa shape index (κ3) is 6.48. The Bertz CT molecular complexity index is 744. The Morgan fingerprint density at radius 1 is 1.27 bits per heavy atom. The fourth-order valence-corrected chi connectivity index (χ4v) is 3.03. The standard InChI is InChI=1S/C18H19ClF2N2O2S/c1-23(10-12-3-6-14(7-4-12)26-18(20)21)11-17(24)22-15-9-13(19)5-8-16(15)25-2/h3-9,18H,10-11H2,1-2H3,(H,22,24). The quantitative estimate of drug-likeness (QED) is 0.650. The maximum atomic E-state index is 12.3. The highest BCUT2D eigenvalue weighted by Crippen LogP contribution is 2.28. The predicted molar refractivity (Wildman–Crippen MR) is 101 cm³/mol. The van der Waals surface area contributed by atoms with Gasteiger partial charge in [-0.15, -0.1) is 0 Å². The first-order valence-electron chi connectivity index (χ1n) is 7.73. The van der Waals surface area contributed by atoms with E-state index in [1.807, 2.05) is 4.90 Å². The molecule has 1 N–H and O–H groups in total. The molecule has 0 saturated heterocycles. The summed E-state index contributed by atoms with van der Waals surface area (Å²) in [5, 5.41) is 3.27. The molecule has 0 aliphatic carbocycles. The van der Waals surface area contributed by atoms with Gasteiger partial charge in [-0.05, 0) is 42.9 Å². The lowest BCUT2D eigenvalue weighted by Gasteiger charge is -2.17. The largest absolute Gasteiger partial charge is 0.495 e. The van der Waals surface area contributed by atoms with E-state index in [-0.39, 0.29) is 12.5 Å². The number of nitrogens with one attached hydrogen (secondary N) is 1. The molecule has 0 atom stereocenters. The van der Waals surface area contributed by atoms with Crippen molar-refractivity contribution in [2.24, 2.45) is 0 Å². The molecule has 0 spiro atoms. The van der Waals surface area contributed by atoms with Crippen LogP contribution in [0.3, 0.4) is 0 Å². The molecule has 1 amide bonds. The Morgan fingerprint density at radius 2 is 1.96 bits per heavy atom. The molecule has 4 nitrogen and oxygen atoms in total. The summed E-state index contributed by atoms with van der Waals surface area (Å²) in [6.45, 7) is 0.670. The first-order valence-corrected chi connectivity index (χ1v) is 8.99. The van der Waals surface area contributed by atoms with Crippen LogP contribution in [0.15, 0.2) is 47.4 Å². The van der Waals surface area contributed by atoms with Crippen molar-refractivity contribution in [1.82, 2.24) is 4.90 Å². The Labute approximate surface area is 160 Å². The number of anilines is 1. The fraction of sp³-hybridized carbons (Fsp3) is 0.278. The first kappa shape index (κ1) is 20.5. The number of amides is 1. The van der Waals surface area contributed by atoms with E-state index >= 15 is 0 Å². The van der Waals surface area contributed by atoms with Gasteiger partial charge in [0.05, 0.1) is 19.3 Å². The number of alkyl halides is 2. The highest BCUT2D eigenvalue weighted by atomic mass is 35.5. The van der Waals surface area contributed by atoms with Crippen molar-refractivity contribution in [2.45, 2.75) is 17.2 Å². The lowest BCUT2D eigenvalue weighted by Crippen LogP contribution is -2.29. The van der Waals surface area contributed by atoms with E-state index in [2.05, 4.69) is 5.32 Å². The fourth-order valence-electron chi connectivity index (χ4n) is 2.36. The number of rotatable bonds is 8. The molecule has 0 unspecified atom stereocenters. The number of ether oxygens (including phenoxy) is 1. The van der Waals surface area contributed by atoms with Crippen LogP contribution in [0.4, 0.5) is 14.5 Å². The maximum absolute atomic E-state index is 12.3. The Kier molecular flexibility index (Phi) is 7.68. The molecule has 0 saturated carbocycles. The zero-order valence-corrected chi connectivity index (χ0v) is 15.9. The van der Waals surface area contributed by atoms with Crippen LogP contribution in [0, 0.1) is 0 Å². The molecule has 2 aromatic carbocycles. The van der Waals surface area contributed by atoms with Crippen molar-refractivity contribution in [3.63, 3.8) is 0 Å². The molecule has 2 aromatic rings. The summed E-state index contributed by atoms with van der Waals surface area (Å²) in [6.07, 6.45) is 0. The van der Waals surface area contributed by atoms with Gasteiger partial charge in [0.1, 0.15) is 5.75 Å². The number of hydrogen-bond donors (Lipinski definition) is 1. The van der Waals surface area contributed by atoms with Gasteiger partial charge in [0.25, 0.3) is 5.76 Å². The average molecular weight is 401 g/mol. The zero-order valence-electron chi connectivity index (χ0n) is 14.3. The third-order valence-corrected chi connectivity index (χ3v) is 4.41. The van der Waals surface area contributed by atoms with E-state index in [4.69, 9.17) is 16.3 Å². The molecule has 0 radical (unpaired) electrons. The molecule has 8 heteroatoms. The number of hydrogen-bond acceptors (Lipinski definition) is 4. The zero-order chi connectivity index (χ0) is 19.1. The summed E-state index contributed by atoms with van der Waals surface area (Å²) in [7, 11) is 3.32. The summed E-state index contributed by atoms with van der Waals surface area (Å²) in [5.41, 5.74) is 1.44. The van der Waals surface area contributed by atoms with E-state index in [1.165, 1.54) is 7.11 Å². The Morgan fingerprint density at radius 3 is 2.58 bits per heavy atom. The molecule has 0 aromatic heterocycles. The number of methoxy groups -OCH3 is 1. The van der Waals surface area contributed by atoms with Crippen molar-refractivity contribution in [2.75, 3.05) is 26.0 Å². The van der Waals surface area contributed by atoms with Gasteiger partial charge in [-0.1, -0.05) is 35.5 Å². The number of nitrogens with zero attached hydrogens (tertiary/aromatic N) is 1. The number of benzene rings is 2. The molecule has 0 aliphatic rings. The molecule has 0 heterocycles. The smallest absolute Gasteiger partial charge is 0.288 e. The molecule has 26 heavy (non-hydrogen) atoms. The minimum Gasteiger partial charge on any atom is -0.495 e. The first-order chi connectivity index (χ1) is 12.4. The lowest BCUT2D eigenvalue weighted by molar-refractivity contribution is -0.117. The van der Waals surface area contributed by atoms with Crippen molar-refractivity contribution >= 4 is 35.0 Å². The second-order valence-corrected chi connectivity index (χ2v) is 7.09. The van der Waals surface area contributed by atoms with Gasteiger partial charge >= 0.3 is 0 Å². The maximum Gasteiger partial charge on any atom is 0.288 e. The minimum absolute atomic E-state index is 0.156. The average Bonchev–Trinajstić information content (AvgIpc) is 2.56. The van der Waals surface area contributed by atoms with Gasteiger partial charge in [0.2, 0.25) is 5.91 Å². The van der Waals surface area contributed by atoms with Gasteiger partial charge in [0, 0.05) is 16.5 Å². The van der Waals surface area contributed by atoms with Gasteiger partial charge in [-0.25, -0.2) is 0 Å². The van der Waals surface area contributed by atoms with Crippen LogP contribution in [0.1, 0.15) is 5.56 Å². The highest BCUT2D eigenvalue weighted by Gasteiger charge is 2.11. The van der Waals surface area contributed by atoms with Crippen LogP contribution >= 0.6 is 23.4 Å². The van der Waals surface area contributed by atoms with Crippen LogP contribution in [0.5, 0.6) is 5.75 Å².